The van der Waals surface area contributed by atoms with Crippen LogP contribution in [0.5, 0.6) is 5.75 Å². The third-order valence-corrected chi connectivity index (χ3v) is 5.76. The molecular weight excluding hydrogens is 362 g/mol. The predicted molar refractivity (Wildman–Crippen MR) is 105 cm³/mol. The minimum Gasteiger partial charge on any atom is -0.493 e. The first kappa shape index (κ1) is 17.7. The van der Waals surface area contributed by atoms with Gasteiger partial charge >= 0.3 is 5.97 Å². The van der Waals surface area contributed by atoms with Crippen molar-refractivity contribution >= 4 is 33.3 Å². The number of ether oxygens (including phenoxy) is 2. The summed E-state index contributed by atoms with van der Waals surface area (Å²) in [6, 6.07) is 9.37. The Balaban J connectivity index is 1.35. The Labute approximate surface area is 161 Å². The summed E-state index contributed by atoms with van der Waals surface area (Å²) < 4.78 is 10.8. The Morgan fingerprint density at radius 1 is 1.15 bits per heavy atom. The monoisotopic (exact) mass is 383 g/mol. The van der Waals surface area contributed by atoms with Crippen molar-refractivity contribution in [2.75, 3.05) is 12.3 Å². The summed E-state index contributed by atoms with van der Waals surface area (Å²) in [6.45, 7) is 0.287. The molecule has 4 rings (SSSR count). The second-order valence-corrected chi connectivity index (χ2v) is 7.57. The van der Waals surface area contributed by atoms with Gasteiger partial charge in [0.25, 0.3) is 0 Å². The zero-order chi connectivity index (χ0) is 18.6. The van der Waals surface area contributed by atoms with Crippen LogP contribution in [0.25, 0.3) is 10.2 Å². The predicted octanol–water partition coefficient (Wildman–Crippen LogP) is 3.66. The van der Waals surface area contributed by atoms with Crippen molar-refractivity contribution in [2.45, 2.75) is 38.7 Å². The Hall–Kier alpha value is -2.67. The van der Waals surface area contributed by atoms with Crippen LogP contribution < -0.4 is 10.5 Å². The van der Waals surface area contributed by atoms with Crippen molar-refractivity contribution in [3.05, 3.63) is 46.6 Å². The number of rotatable bonds is 6. The topological polar surface area (TPSA) is 87.3 Å². The number of hydrogen-bond donors (Lipinski definition) is 1. The van der Waals surface area contributed by atoms with E-state index in [2.05, 4.69) is 9.97 Å². The maximum atomic E-state index is 11.9. The van der Waals surface area contributed by atoms with Crippen molar-refractivity contribution in [3.8, 4) is 5.75 Å². The molecule has 0 unspecified atom stereocenters. The normalized spacial score (nSPS) is 13.3. The molecule has 3 aromatic rings. The molecule has 0 saturated carbocycles. The largest absolute Gasteiger partial charge is 0.493 e. The smallest absolute Gasteiger partial charge is 0.309 e. The van der Waals surface area contributed by atoms with E-state index in [9.17, 15) is 4.79 Å². The zero-order valence-electron chi connectivity index (χ0n) is 14.9. The highest BCUT2D eigenvalue weighted by molar-refractivity contribution is 7.19. The van der Waals surface area contributed by atoms with Crippen LogP contribution in [0.15, 0.2) is 30.3 Å². The van der Waals surface area contributed by atoms with Gasteiger partial charge < -0.3 is 15.2 Å². The van der Waals surface area contributed by atoms with Crippen molar-refractivity contribution in [1.82, 2.24) is 9.97 Å². The lowest BCUT2D eigenvalue weighted by Gasteiger charge is -2.11. The summed E-state index contributed by atoms with van der Waals surface area (Å²) in [6.07, 6.45) is 4.69. The maximum absolute atomic E-state index is 11.9. The lowest BCUT2D eigenvalue weighted by atomic mass is 9.97. The van der Waals surface area contributed by atoms with Gasteiger partial charge in [0, 0.05) is 4.88 Å². The molecule has 2 N–H and O–H groups in total. The fraction of sp³-hybridized carbons (Fsp3) is 0.350. The summed E-state index contributed by atoms with van der Waals surface area (Å²) >= 11 is 1.68. The van der Waals surface area contributed by atoms with Crippen molar-refractivity contribution in [2.24, 2.45) is 0 Å². The van der Waals surface area contributed by atoms with E-state index in [0.29, 0.717) is 11.6 Å². The molecule has 140 valence electrons. The molecule has 1 aliphatic rings. The number of esters is 1. The minimum absolute atomic E-state index is 0.0207. The average Bonchev–Trinajstić information content (AvgIpc) is 3.06. The average molecular weight is 383 g/mol. The molecule has 1 aromatic carbocycles. The van der Waals surface area contributed by atoms with Crippen LogP contribution >= 0.6 is 11.3 Å². The number of para-hydroxylation sites is 1. The van der Waals surface area contributed by atoms with Crippen LogP contribution in [0, 0.1) is 0 Å². The van der Waals surface area contributed by atoms with Gasteiger partial charge in [-0.25, -0.2) is 9.97 Å². The van der Waals surface area contributed by atoms with Gasteiger partial charge in [0.2, 0.25) is 0 Å². The molecule has 0 radical (unpaired) electrons. The lowest BCUT2D eigenvalue weighted by molar-refractivity contribution is -0.145. The number of aromatic nitrogens is 2. The second-order valence-electron chi connectivity index (χ2n) is 6.49. The maximum Gasteiger partial charge on any atom is 0.309 e. The van der Waals surface area contributed by atoms with Crippen LogP contribution in [0.3, 0.4) is 0 Å². The number of nitrogens with zero attached hydrogens (tertiary/aromatic N) is 2. The van der Waals surface area contributed by atoms with E-state index in [0.717, 1.165) is 28.8 Å². The quantitative estimate of drug-likeness (QED) is 0.654. The molecular formula is C20H21N3O3S. The minimum atomic E-state index is -0.348. The first-order valence-corrected chi connectivity index (χ1v) is 9.92. The number of nitrogen functional groups attached to an aromatic ring is 1. The van der Waals surface area contributed by atoms with Gasteiger partial charge in [0.1, 0.15) is 16.4 Å². The van der Waals surface area contributed by atoms with Gasteiger partial charge in [-0.2, -0.15) is 0 Å². The Morgan fingerprint density at radius 2 is 1.96 bits per heavy atom. The zero-order valence-corrected chi connectivity index (χ0v) is 15.8. The number of hydrogen-bond acceptors (Lipinski definition) is 7. The highest BCUT2D eigenvalue weighted by Crippen LogP contribution is 2.37. The molecule has 0 saturated heterocycles. The first-order chi connectivity index (χ1) is 13.2. The van der Waals surface area contributed by atoms with Gasteiger partial charge in [0.05, 0.1) is 18.4 Å². The SMILES string of the molecule is Nc1nc(COC(=O)CCOc2ccccc2)nc2sc3c(c12)CCCC3. The molecule has 0 amide bonds. The molecule has 0 fully saturated rings. The van der Waals surface area contributed by atoms with Crippen molar-refractivity contribution in [1.29, 1.82) is 0 Å². The summed E-state index contributed by atoms with van der Waals surface area (Å²) in [5, 5.41) is 0.987. The summed E-state index contributed by atoms with van der Waals surface area (Å²) in [5.74, 6) is 1.31. The van der Waals surface area contributed by atoms with E-state index in [-0.39, 0.29) is 25.6 Å². The summed E-state index contributed by atoms with van der Waals surface area (Å²) in [5.41, 5.74) is 7.48. The van der Waals surface area contributed by atoms with E-state index >= 15 is 0 Å². The molecule has 0 spiro atoms. The molecule has 2 aromatic heterocycles. The molecule has 0 aliphatic heterocycles. The van der Waals surface area contributed by atoms with Crippen LogP contribution in [0.4, 0.5) is 5.82 Å². The molecule has 27 heavy (non-hydrogen) atoms. The molecule has 0 bridgehead atoms. The first-order valence-electron chi connectivity index (χ1n) is 9.11. The number of benzene rings is 1. The summed E-state index contributed by atoms with van der Waals surface area (Å²) in [7, 11) is 0. The second kappa shape index (κ2) is 7.92. The van der Waals surface area contributed by atoms with Crippen LogP contribution in [-0.2, 0) is 29.0 Å². The fourth-order valence-electron chi connectivity index (χ4n) is 3.28. The number of fused-ring (bicyclic) bond motifs is 3. The van der Waals surface area contributed by atoms with Crippen LogP contribution in [0.2, 0.25) is 0 Å². The Bertz CT molecular complexity index is 956. The molecule has 6 nitrogen and oxygen atoms in total. The Morgan fingerprint density at radius 3 is 2.81 bits per heavy atom. The van der Waals surface area contributed by atoms with E-state index in [4.69, 9.17) is 15.2 Å². The molecule has 1 aliphatic carbocycles. The van der Waals surface area contributed by atoms with Gasteiger partial charge in [-0.1, -0.05) is 18.2 Å². The van der Waals surface area contributed by atoms with Gasteiger partial charge in [-0.05, 0) is 43.4 Å². The van der Waals surface area contributed by atoms with Crippen LogP contribution in [-0.4, -0.2) is 22.5 Å². The van der Waals surface area contributed by atoms with E-state index in [1.54, 1.807) is 11.3 Å². The number of aryl methyl sites for hydroxylation is 2. The van der Waals surface area contributed by atoms with Crippen molar-refractivity contribution in [3.63, 3.8) is 0 Å². The van der Waals surface area contributed by atoms with Crippen LogP contribution in [0.1, 0.15) is 35.5 Å². The fourth-order valence-corrected chi connectivity index (χ4v) is 4.57. The highest BCUT2D eigenvalue weighted by Gasteiger charge is 2.20. The number of carbonyl (C=O) groups is 1. The third-order valence-electron chi connectivity index (χ3n) is 4.57. The van der Waals surface area contributed by atoms with E-state index in [1.165, 1.54) is 23.3 Å². The van der Waals surface area contributed by atoms with Crippen molar-refractivity contribution < 1.29 is 14.3 Å². The number of carbonyl (C=O) groups excluding carboxylic acids is 1. The number of nitrogens with two attached hydrogens (primary N) is 1. The molecule has 2 heterocycles. The third kappa shape index (κ3) is 4.03. The van der Waals surface area contributed by atoms with E-state index < -0.39 is 0 Å². The van der Waals surface area contributed by atoms with Gasteiger partial charge in [-0.15, -0.1) is 11.3 Å². The molecule has 0 atom stereocenters. The molecule has 7 heteroatoms. The lowest BCUT2D eigenvalue weighted by Crippen LogP contribution is -2.11. The number of anilines is 1. The van der Waals surface area contributed by atoms with Gasteiger partial charge in [-0.3, -0.25) is 4.79 Å². The van der Waals surface area contributed by atoms with Gasteiger partial charge in [0.15, 0.2) is 12.4 Å². The standard InChI is InChI=1S/C20H21N3O3S/c21-19-18-14-8-4-5-9-15(14)27-20(18)23-16(22-19)12-26-17(24)10-11-25-13-6-2-1-3-7-13/h1-3,6-7H,4-5,8-12H2,(H2,21,22,23). The summed E-state index contributed by atoms with van der Waals surface area (Å²) in [4.78, 5) is 23.1. The highest BCUT2D eigenvalue weighted by atomic mass is 32.1. The number of thiophene rings is 1. The van der Waals surface area contributed by atoms with E-state index in [1.807, 2.05) is 30.3 Å². The Kier molecular flexibility index (Phi) is 5.20.